The highest BCUT2D eigenvalue weighted by atomic mass is 35.5. The molecular formula is C26H37ClN2O. The SMILES string of the molecule is CCC1(CCCl)C2CC3(c4ccccc4)CC2(C(=O)NC2CCC(CN)CC2)CC31. The smallest absolute Gasteiger partial charge is 0.226 e. The number of nitrogens with one attached hydrogen (secondary N) is 1. The van der Waals surface area contributed by atoms with Crippen molar-refractivity contribution in [1.29, 1.82) is 0 Å². The maximum absolute atomic E-state index is 13.9. The predicted octanol–water partition coefficient (Wildman–Crippen LogP) is 5.01. The van der Waals surface area contributed by atoms with Crippen LogP contribution < -0.4 is 11.1 Å². The second-order valence-corrected chi connectivity index (χ2v) is 11.2. The van der Waals surface area contributed by atoms with Crippen molar-refractivity contribution in [3.8, 4) is 0 Å². The molecule has 5 unspecified atom stereocenters. The molecule has 1 aromatic carbocycles. The minimum atomic E-state index is -0.187. The molecule has 5 aliphatic carbocycles. The van der Waals surface area contributed by atoms with Crippen LogP contribution in [0.3, 0.4) is 0 Å². The molecular weight excluding hydrogens is 392 g/mol. The zero-order valence-electron chi connectivity index (χ0n) is 18.3. The number of amides is 1. The third-order valence-corrected chi connectivity index (χ3v) is 10.2. The Kier molecular flexibility index (Phi) is 5.22. The first kappa shape index (κ1) is 20.8. The Labute approximate surface area is 186 Å². The first-order valence-electron chi connectivity index (χ1n) is 12.2. The lowest BCUT2D eigenvalue weighted by Gasteiger charge is -2.43. The lowest BCUT2D eigenvalue weighted by Crippen LogP contribution is -2.49. The second kappa shape index (κ2) is 7.52. The highest BCUT2D eigenvalue weighted by molar-refractivity contribution is 6.17. The molecule has 0 spiro atoms. The van der Waals surface area contributed by atoms with Crippen molar-refractivity contribution >= 4 is 17.5 Å². The van der Waals surface area contributed by atoms with Crippen LogP contribution in [0.5, 0.6) is 0 Å². The lowest BCUT2D eigenvalue weighted by molar-refractivity contribution is -0.134. The standard InChI is InChI=1S/C26H37ClN2O/c1-2-24(12-13-27)21-15-26(23(30)29-20-10-8-18(16-28)9-11-20)17-25(21,14-22(24)26)19-6-4-3-5-7-19/h3-7,18,20-22H,2,8-17,28H2,1H3,(H,29,30). The number of halogens is 1. The predicted molar refractivity (Wildman–Crippen MR) is 122 cm³/mol. The summed E-state index contributed by atoms with van der Waals surface area (Å²) in [6.07, 6.45) is 9.92. The molecule has 30 heavy (non-hydrogen) atoms. The van der Waals surface area contributed by atoms with Gasteiger partial charge in [-0.15, -0.1) is 11.6 Å². The molecule has 4 heteroatoms. The van der Waals surface area contributed by atoms with Crippen LogP contribution in [0.15, 0.2) is 30.3 Å². The monoisotopic (exact) mass is 428 g/mol. The second-order valence-electron chi connectivity index (χ2n) is 10.8. The van der Waals surface area contributed by atoms with Crippen LogP contribution in [-0.4, -0.2) is 24.4 Å². The van der Waals surface area contributed by atoms with Crippen molar-refractivity contribution in [3.63, 3.8) is 0 Å². The summed E-state index contributed by atoms with van der Waals surface area (Å²) >= 11 is 6.36. The quantitative estimate of drug-likeness (QED) is 0.599. The Balaban J connectivity index is 1.44. The van der Waals surface area contributed by atoms with Crippen LogP contribution in [-0.2, 0) is 10.2 Å². The summed E-state index contributed by atoms with van der Waals surface area (Å²) in [5, 5.41) is 3.54. The summed E-state index contributed by atoms with van der Waals surface area (Å²) < 4.78 is 0. The minimum Gasteiger partial charge on any atom is -0.353 e. The van der Waals surface area contributed by atoms with Gasteiger partial charge in [-0.25, -0.2) is 0 Å². The molecule has 0 heterocycles. The van der Waals surface area contributed by atoms with Crippen LogP contribution in [0.2, 0.25) is 0 Å². The molecule has 0 saturated heterocycles. The van der Waals surface area contributed by atoms with E-state index in [1.54, 1.807) is 0 Å². The van der Waals surface area contributed by atoms with Gasteiger partial charge in [-0.1, -0.05) is 37.3 Å². The summed E-state index contributed by atoms with van der Waals surface area (Å²) in [6, 6.07) is 11.4. The fourth-order valence-corrected chi connectivity index (χ4v) is 9.05. The first-order chi connectivity index (χ1) is 14.5. The van der Waals surface area contributed by atoms with Crippen molar-refractivity contribution in [1.82, 2.24) is 5.32 Å². The van der Waals surface area contributed by atoms with E-state index in [1.807, 2.05) is 0 Å². The Hall–Kier alpha value is -1.06. The molecule has 0 aromatic heterocycles. The van der Waals surface area contributed by atoms with Gasteiger partial charge in [-0.05, 0) is 93.1 Å². The zero-order valence-corrected chi connectivity index (χ0v) is 19.1. The van der Waals surface area contributed by atoms with Gasteiger partial charge in [-0.3, -0.25) is 4.79 Å². The number of alkyl halides is 1. The molecule has 5 saturated carbocycles. The molecule has 6 rings (SSSR count). The van der Waals surface area contributed by atoms with E-state index in [4.69, 9.17) is 17.3 Å². The number of hydrogen-bond acceptors (Lipinski definition) is 2. The van der Waals surface area contributed by atoms with Gasteiger partial charge in [0, 0.05) is 17.3 Å². The lowest BCUT2D eigenvalue weighted by atomic mass is 9.61. The number of carbonyl (C=O) groups is 1. The van der Waals surface area contributed by atoms with Gasteiger partial charge in [0.25, 0.3) is 0 Å². The van der Waals surface area contributed by atoms with E-state index in [2.05, 4.69) is 42.6 Å². The number of benzene rings is 1. The fourth-order valence-electron chi connectivity index (χ4n) is 8.70. The third kappa shape index (κ3) is 2.70. The molecule has 4 bridgehead atoms. The molecule has 0 radical (unpaired) electrons. The molecule has 3 nitrogen and oxygen atoms in total. The van der Waals surface area contributed by atoms with E-state index >= 15 is 0 Å². The van der Waals surface area contributed by atoms with Crippen molar-refractivity contribution in [2.24, 2.45) is 34.3 Å². The van der Waals surface area contributed by atoms with Crippen LogP contribution >= 0.6 is 11.6 Å². The van der Waals surface area contributed by atoms with Gasteiger partial charge in [0.15, 0.2) is 0 Å². The molecule has 164 valence electrons. The average Bonchev–Trinajstić information content (AvgIpc) is 3.47. The van der Waals surface area contributed by atoms with Crippen molar-refractivity contribution in [2.75, 3.05) is 12.4 Å². The van der Waals surface area contributed by atoms with E-state index < -0.39 is 0 Å². The van der Waals surface area contributed by atoms with Crippen LogP contribution in [0, 0.1) is 28.6 Å². The Bertz CT molecular complexity index is 791. The highest BCUT2D eigenvalue weighted by Crippen LogP contribution is 2.83. The van der Waals surface area contributed by atoms with E-state index in [0.29, 0.717) is 35.6 Å². The minimum absolute atomic E-state index is 0.169. The maximum Gasteiger partial charge on any atom is 0.226 e. The van der Waals surface area contributed by atoms with Gasteiger partial charge < -0.3 is 11.1 Å². The largest absolute Gasteiger partial charge is 0.353 e. The van der Waals surface area contributed by atoms with Crippen LogP contribution in [0.25, 0.3) is 0 Å². The summed E-state index contributed by atoms with van der Waals surface area (Å²) in [7, 11) is 0. The topological polar surface area (TPSA) is 55.1 Å². The number of rotatable bonds is 7. The summed E-state index contributed by atoms with van der Waals surface area (Å²) in [5.41, 5.74) is 7.53. The fraction of sp³-hybridized carbons (Fsp3) is 0.731. The summed E-state index contributed by atoms with van der Waals surface area (Å²) in [5.74, 6) is 2.75. The van der Waals surface area contributed by atoms with E-state index in [1.165, 1.54) is 12.0 Å². The molecule has 1 aromatic rings. The average molecular weight is 429 g/mol. The van der Waals surface area contributed by atoms with Crippen LogP contribution in [0.4, 0.5) is 0 Å². The molecule has 0 aliphatic heterocycles. The zero-order chi connectivity index (χ0) is 21.0. The molecule has 3 N–H and O–H groups in total. The van der Waals surface area contributed by atoms with Gasteiger partial charge in [0.1, 0.15) is 0 Å². The maximum atomic E-state index is 13.9. The van der Waals surface area contributed by atoms with Crippen molar-refractivity contribution in [2.45, 2.75) is 76.2 Å². The highest BCUT2D eigenvalue weighted by Gasteiger charge is 2.81. The van der Waals surface area contributed by atoms with E-state index in [0.717, 1.165) is 57.9 Å². The number of hydrogen-bond donors (Lipinski definition) is 2. The van der Waals surface area contributed by atoms with Gasteiger partial charge >= 0.3 is 0 Å². The number of carbonyl (C=O) groups excluding carboxylic acids is 1. The van der Waals surface area contributed by atoms with Crippen molar-refractivity contribution in [3.05, 3.63) is 35.9 Å². The van der Waals surface area contributed by atoms with E-state index in [9.17, 15) is 4.79 Å². The van der Waals surface area contributed by atoms with Crippen molar-refractivity contribution < 1.29 is 4.79 Å². The summed E-state index contributed by atoms with van der Waals surface area (Å²) in [4.78, 5) is 13.9. The molecule has 5 aliphatic rings. The molecule has 5 atom stereocenters. The van der Waals surface area contributed by atoms with Gasteiger partial charge in [0.2, 0.25) is 5.91 Å². The Morgan fingerprint density at radius 3 is 2.50 bits per heavy atom. The molecule has 1 amide bonds. The van der Waals surface area contributed by atoms with Gasteiger partial charge in [-0.2, -0.15) is 0 Å². The van der Waals surface area contributed by atoms with E-state index in [-0.39, 0.29) is 16.2 Å². The number of nitrogens with two attached hydrogens (primary N) is 1. The van der Waals surface area contributed by atoms with Crippen LogP contribution in [0.1, 0.15) is 70.3 Å². The first-order valence-corrected chi connectivity index (χ1v) is 12.7. The third-order valence-electron chi connectivity index (χ3n) is 10.0. The normalized spacial score (nSPS) is 44.0. The molecule has 5 fully saturated rings. The summed E-state index contributed by atoms with van der Waals surface area (Å²) in [6.45, 7) is 3.12. The van der Waals surface area contributed by atoms with Gasteiger partial charge in [0.05, 0.1) is 5.41 Å². The Morgan fingerprint density at radius 1 is 1.13 bits per heavy atom. The Morgan fingerprint density at radius 2 is 1.87 bits per heavy atom.